The van der Waals surface area contributed by atoms with Gasteiger partial charge >= 0.3 is 0 Å². The molecule has 35 heavy (non-hydrogen) atoms. The summed E-state index contributed by atoms with van der Waals surface area (Å²) < 4.78 is 44.2. The van der Waals surface area contributed by atoms with Crippen molar-refractivity contribution in [2.45, 2.75) is 42.9 Å². The molecule has 1 saturated carbocycles. The molecule has 0 bridgehead atoms. The predicted molar refractivity (Wildman–Crippen MR) is 127 cm³/mol. The molecule has 0 unspecified atom stereocenters. The summed E-state index contributed by atoms with van der Waals surface area (Å²) in [6.45, 7) is 1.01. The van der Waals surface area contributed by atoms with Crippen molar-refractivity contribution in [2.75, 3.05) is 20.5 Å². The molecular formula is C25H27N3O6S. The van der Waals surface area contributed by atoms with Crippen LogP contribution in [0, 0.1) is 0 Å². The first-order valence-corrected chi connectivity index (χ1v) is 13.1. The van der Waals surface area contributed by atoms with Gasteiger partial charge in [0.1, 0.15) is 0 Å². The third-order valence-electron chi connectivity index (χ3n) is 6.10. The second-order valence-electron chi connectivity index (χ2n) is 8.65. The van der Waals surface area contributed by atoms with Crippen LogP contribution >= 0.6 is 0 Å². The lowest BCUT2D eigenvalue weighted by atomic mass is 10.1. The highest BCUT2D eigenvalue weighted by Crippen LogP contribution is 2.35. The minimum Gasteiger partial charge on any atom is -0.454 e. The minimum atomic E-state index is -3.71. The number of aromatic nitrogens is 2. The number of sulfone groups is 1. The molecule has 10 heteroatoms. The number of nitrogens with zero attached hydrogens (tertiary/aromatic N) is 3. The van der Waals surface area contributed by atoms with Gasteiger partial charge in [-0.2, -0.15) is 0 Å². The van der Waals surface area contributed by atoms with E-state index >= 15 is 0 Å². The number of imidazole rings is 1. The first-order valence-electron chi connectivity index (χ1n) is 11.5. The predicted octanol–water partition coefficient (Wildman–Crippen LogP) is 3.04. The van der Waals surface area contributed by atoms with Crippen LogP contribution in [0.15, 0.2) is 59.9 Å². The van der Waals surface area contributed by atoms with Gasteiger partial charge in [0.25, 0.3) is 5.91 Å². The minimum absolute atomic E-state index is 0.0142. The van der Waals surface area contributed by atoms with Crippen LogP contribution in [-0.4, -0.2) is 55.3 Å². The number of rotatable bonds is 10. The monoisotopic (exact) mass is 497 g/mol. The number of amides is 1. The lowest BCUT2D eigenvalue weighted by molar-refractivity contribution is 0.0724. The van der Waals surface area contributed by atoms with E-state index in [9.17, 15) is 13.2 Å². The van der Waals surface area contributed by atoms with E-state index in [1.807, 2.05) is 18.2 Å². The molecule has 0 saturated heterocycles. The number of carbonyl (C=O) groups excluding carboxylic acids is 1. The molecule has 0 N–H and O–H groups in total. The van der Waals surface area contributed by atoms with Gasteiger partial charge in [-0.15, -0.1) is 0 Å². The number of ether oxygens (including phenoxy) is 3. The molecule has 2 aliphatic rings. The molecular weight excluding hydrogens is 470 g/mol. The average molecular weight is 498 g/mol. The summed E-state index contributed by atoms with van der Waals surface area (Å²) in [5.74, 6) is 0.871. The van der Waals surface area contributed by atoms with Crippen molar-refractivity contribution in [1.29, 1.82) is 0 Å². The van der Waals surface area contributed by atoms with Crippen LogP contribution < -0.4 is 9.47 Å². The van der Waals surface area contributed by atoms with E-state index in [0.29, 0.717) is 41.5 Å². The molecule has 3 aromatic rings. The third-order valence-corrected chi connectivity index (χ3v) is 7.69. The van der Waals surface area contributed by atoms with Gasteiger partial charge in [-0.3, -0.25) is 4.79 Å². The van der Waals surface area contributed by atoms with Gasteiger partial charge in [0.05, 0.1) is 30.8 Å². The number of hydrogen-bond donors (Lipinski definition) is 0. The van der Waals surface area contributed by atoms with Crippen molar-refractivity contribution in [3.05, 3.63) is 71.5 Å². The third kappa shape index (κ3) is 5.03. The highest BCUT2D eigenvalue weighted by Gasteiger charge is 2.35. The second kappa shape index (κ2) is 9.71. The van der Waals surface area contributed by atoms with Crippen LogP contribution in [0.4, 0.5) is 0 Å². The normalized spacial score (nSPS) is 14.8. The first kappa shape index (κ1) is 23.4. The molecule has 1 aromatic heterocycles. The van der Waals surface area contributed by atoms with Gasteiger partial charge in [0.2, 0.25) is 21.8 Å². The van der Waals surface area contributed by atoms with Gasteiger partial charge in [0, 0.05) is 25.3 Å². The number of benzene rings is 2. The summed E-state index contributed by atoms with van der Waals surface area (Å²) in [6.07, 6.45) is 3.36. The van der Waals surface area contributed by atoms with Crippen LogP contribution in [0.25, 0.3) is 0 Å². The number of hydrogen-bond acceptors (Lipinski definition) is 7. The zero-order chi connectivity index (χ0) is 24.4. The smallest absolute Gasteiger partial charge is 0.254 e. The second-order valence-corrected chi connectivity index (χ2v) is 10.5. The van der Waals surface area contributed by atoms with E-state index in [-0.39, 0.29) is 36.2 Å². The van der Waals surface area contributed by atoms with Gasteiger partial charge in [-0.1, -0.05) is 30.3 Å². The Labute approximate surface area is 204 Å². The van der Waals surface area contributed by atoms with Crippen LogP contribution in [0.1, 0.15) is 34.5 Å². The summed E-state index contributed by atoms with van der Waals surface area (Å²) in [5, 5.41) is -0.0142. The van der Waals surface area contributed by atoms with Crippen LogP contribution in [-0.2, 0) is 33.4 Å². The van der Waals surface area contributed by atoms with Crippen molar-refractivity contribution >= 4 is 15.7 Å². The molecule has 9 nitrogen and oxygen atoms in total. The summed E-state index contributed by atoms with van der Waals surface area (Å²) >= 11 is 0. The molecule has 1 aliphatic carbocycles. The fourth-order valence-corrected chi connectivity index (χ4v) is 5.69. The Morgan fingerprint density at radius 1 is 1.14 bits per heavy atom. The van der Waals surface area contributed by atoms with Crippen molar-refractivity contribution in [3.63, 3.8) is 0 Å². The van der Waals surface area contributed by atoms with E-state index in [1.54, 1.807) is 53.1 Å². The van der Waals surface area contributed by atoms with Crippen molar-refractivity contribution in [2.24, 2.45) is 0 Å². The average Bonchev–Trinajstić information content (AvgIpc) is 3.44. The van der Waals surface area contributed by atoms with E-state index in [0.717, 1.165) is 12.8 Å². The van der Waals surface area contributed by atoms with Crippen LogP contribution in [0.3, 0.4) is 0 Å². The maximum atomic E-state index is 13.5. The Kier molecular flexibility index (Phi) is 6.48. The highest BCUT2D eigenvalue weighted by atomic mass is 32.2. The zero-order valence-corrected chi connectivity index (χ0v) is 20.2. The molecule has 2 aromatic carbocycles. The summed E-state index contributed by atoms with van der Waals surface area (Å²) in [7, 11) is -2.15. The van der Waals surface area contributed by atoms with Crippen LogP contribution in [0.2, 0.25) is 0 Å². The maximum absolute atomic E-state index is 13.5. The van der Waals surface area contributed by atoms with Gasteiger partial charge in [0.15, 0.2) is 11.5 Å². The lowest BCUT2D eigenvalue weighted by Crippen LogP contribution is -2.33. The number of fused-ring (bicyclic) bond motifs is 1. The van der Waals surface area contributed by atoms with Crippen molar-refractivity contribution in [1.82, 2.24) is 14.5 Å². The summed E-state index contributed by atoms with van der Waals surface area (Å²) in [6, 6.07) is 14.3. The Bertz CT molecular complexity index is 1320. The van der Waals surface area contributed by atoms with E-state index in [2.05, 4.69) is 4.98 Å². The van der Waals surface area contributed by atoms with E-state index < -0.39 is 9.84 Å². The van der Waals surface area contributed by atoms with Crippen LogP contribution in [0.5, 0.6) is 11.5 Å². The maximum Gasteiger partial charge on any atom is 0.254 e. The number of methoxy groups -OCH3 is 1. The SMILES string of the molecule is COCCn1c(CN(C(=O)c2ccc3c(c2)OCO3)C2CC2)cnc1S(=O)(=O)Cc1ccccc1. The highest BCUT2D eigenvalue weighted by molar-refractivity contribution is 7.90. The molecule has 1 fully saturated rings. The number of carbonyl (C=O) groups is 1. The Morgan fingerprint density at radius 2 is 1.91 bits per heavy atom. The largest absolute Gasteiger partial charge is 0.454 e. The molecule has 1 aliphatic heterocycles. The van der Waals surface area contributed by atoms with Gasteiger partial charge < -0.3 is 23.7 Å². The molecule has 0 atom stereocenters. The Balaban J connectivity index is 1.43. The Morgan fingerprint density at radius 3 is 2.66 bits per heavy atom. The molecule has 1 amide bonds. The van der Waals surface area contributed by atoms with Gasteiger partial charge in [-0.05, 0) is 36.6 Å². The fraction of sp³-hybridized carbons (Fsp3) is 0.360. The van der Waals surface area contributed by atoms with Gasteiger partial charge in [-0.25, -0.2) is 13.4 Å². The molecule has 0 radical (unpaired) electrons. The van der Waals surface area contributed by atoms with E-state index in [1.165, 1.54) is 0 Å². The Hall–Kier alpha value is -3.37. The fourth-order valence-electron chi connectivity index (χ4n) is 4.17. The zero-order valence-electron chi connectivity index (χ0n) is 19.4. The van der Waals surface area contributed by atoms with Crippen molar-refractivity contribution < 1.29 is 27.4 Å². The topological polar surface area (TPSA) is 100.0 Å². The van der Waals surface area contributed by atoms with E-state index in [4.69, 9.17) is 14.2 Å². The molecule has 0 spiro atoms. The summed E-state index contributed by atoms with van der Waals surface area (Å²) in [4.78, 5) is 19.5. The summed E-state index contributed by atoms with van der Waals surface area (Å²) in [5.41, 5.74) is 1.84. The molecule has 184 valence electrons. The molecule has 5 rings (SSSR count). The quantitative estimate of drug-likeness (QED) is 0.424. The first-order chi connectivity index (χ1) is 17.0. The van der Waals surface area contributed by atoms with Crippen molar-refractivity contribution in [3.8, 4) is 11.5 Å². The molecule has 2 heterocycles. The lowest BCUT2D eigenvalue weighted by Gasteiger charge is -2.23. The standard InChI is InChI=1S/C25H27N3O6S/c1-32-12-11-27-21(14-26-25(27)35(30,31)16-18-5-3-2-4-6-18)15-28(20-8-9-20)24(29)19-7-10-22-23(13-19)34-17-33-22/h2-7,10,13-14,20H,8-9,11-12,15-17H2,1H3.